The lowest BCUT2D eigenvalue weighted by Crippen LogP contribution is -2.45. The number of nitriles is 1. The first-order valence-electron chi connectivity index (χ1n) is 7.85. The topological polar surface area (TPSA) is 104 Å². The molecule has 1 saturated heterocycles. The van der Waals surface area contributed by atoms with Crippen molar-refractivity contribution in [2.45, 2.75) is 25.3 Å². The van der Waals surface area contributed by atoms with Gasteiger partial charge in [0.1, 0.15) is 6.07 Å². The molecule has 1 aromatic carbocycles. The van der Waals surface area contributed by atoms with Crippen LogP contribution in [0, 0.1) is 17.2 Å². The first kappa shape index (κ1) is 19.3. The van der Waals surface area contributed by atoms with E-state index >= 15 is 0 Å². The van der Waals surface area contributed by atoms with Gasteiger partial charge in [0, 0.05) is 18.2 Å². The average molecular weight is 382 g/mol. The summed E-state index contributed by atoms with van der Waals surface area (Å²) in [7, 11) is -3.20. The van der Waals surface area contributed by atoms with E-state index < -0.39 is 15.9 Å². The number of hydrogen-bond acceptors (Lipinski definition) is 4. The zero-order valence-electron chi connectivity index (χ0n) is 13.9. The van der Waals surface area contributed by atoms with Gasteiger partial charge in [-0.15, -0.1) is 0 Å². The molecule has 6 nitrogen and oxygen atoms in total. The number of piperidine rings is 1. The molecule has 8 heteroatoms. The van der Waals surface area contributed by atoms with E-state index in [4.69, 9.17) is 22.6 Å². The maximum absolute atomic E-state index is 11.9. The van der Waals surface area contributed by atoms with Crippen LogP contribution in [0.5, 0.6) is 0 Å². The van der Waals surface area contributed by atoms with Crippen molar-refractivity contribution in [1.29, 1.82) is 5.26 Å². The van der Waals surface area contributed by atoms with Crippen molar-refractivity contribution in [2.75, 3.05) is 12.8 Å². The summed E-state index contributed by atoms with van der Waals surface area (Å²) >= 11 is 6.14. The number of benzene rings is 1. The SMILES string of the molecule is CS(=O)(=O)/C=C/CC1CCCN(C(N)=O)C1c1ccc(C#N)c(Cl)c1. The van der Waals surface area contributed by atoms with Crippen LogP contribution in [0.15, 0.2) is 29.7 Å². The van der Waals surface area contributed by atoms with Gasteiger partial charge in [-0.2, -0.15) is 5.26 Å². The first-order chi connectivity index (χ1) is 11.7. The van der Waals surface area contributed by atoms with Gasteiger partial charge in [0.15, 0.2) is 9.84 Å². The summed E-state index contributed by atoms with van der Waals surface area (Å²) in [6.07, 6.45) is 4.88. The van der Waals surface area contributed by atoms with E-state index in [0.717, 1.165) is 24.7 Å². The second-order valence-electron chi connectivity index (χ2n) is 6.17. The minimum atomic E-state index is -3.20. The minimum absolute atomic E-state index is 0.0169. The van der Waals surface area contributed by atoms with Crippen LogP contribution in [0.25, 0.3) is 0 Å². The number of allylic oxidation sites excluding steroid dienone is 1. The normalized spacial score (nSPS) is 21.2. The predicted octanol–water partition coefficient (Wildman–Crippen LogP) is 2.99. The molecule has 2 amide bonds. The van der Waals surface area contributed by atoms with Crippen LogP contribution in [0.1, 0.15) is 36.4 Å². The van der Waals surface area contributed by atoms with Gasteiger partial charge in [0.2, 0.25) is 0 Å². The molecule has 134 valence electrons. The van der Waals surface area contributed by atoms with E-state index in [-0.39, 0.29) is 12.0 Å². The van der Waals surface area contributed by atoms with Crippen LogP contribution in [0.3, 0.4) is 0 Å². The number of sulfone groups is 1. The standard InChI is InChI=1S/C17H20ClN3O3S/c1-25(23,24)9-3-5-12-4-2-8-21(17(20)22)16(12)13-6-7-14(11-19)15(18)10-13/h3,6-7,9-10,12,16H,2,4-5,8H2,1H3,(H2,20,22)/b9-3+. The molecule has 1 fully saturated rings. The number of amides is 2. The van der Waals surface area contributed by atoms with E-state index in [2.05, 4.69) is 0 Å². The number of nitrogens with two attached hydrogens (primary N) is 1. The highest BCUT2D eigenvalue weighted by atomic mass is 35.5. The summed E-state index contributed by atoms with van der Waals surface area (Å²) in [4.78, 5) is 13.5. The van der Waals surface area contributed by atoms with Crippen LogP contribution in [-0.2, 0) is 9.84 Å². The van der Waals surface area contributed by atoms with Crippen molar-refractivity contribution in [3.05, 3.63) is 45.8 Å². The van der Waals surface area contributed by atoms with Gasteiger partial charge in [0.05, 0.1) is 16.6 Å². The summed E-state index contributed by atoms with van der Waals surface area (Å²) < 4.78 is 22.6. The molecule has 1 aliphatic heterocycles. The van der Waals surface area contributed by atoms with Gasteiger partial charge in [-0.3, -0.25) is 0 Å². The molecule has 0 radical (unpaired) electrons. The second-order valence-corrected chi connectivity index (χ2v) is 8.51. The Balaban J connectivity index is 2.37. The number of halogens is 1. The first-order valence-corrected chi connectivity index (χ1v) is 10.2. The number of nitrogens with zero attached hydrogens (tertiary/aromatic N) is 2. The molecule has 25 heavy (non-hydrogen) atoms. The van der Waals surface area contributed by atoms with E-state index in [1.807, 2.05) is 6.07 Å². The maximum Gasteiger partial charge on any atom is 0.315 e. The zero-order valence-corrected chi connectivity index (χ0v) is 15.4. The Morgan fingerprint density at radius 2 is 2.24 bits per heavy atom. The van der Waals surface area contributed by atoms with Crippen molar-refractivity contribution >= 4 is 27.5 Å². The van der Waals surface area contributed by atoms with E-state index in [0.29, 0.717) is 23.6 Å². The van der Waals surface area contributed by atoms with Gasteiger partial charge in [0.25, 0.3) is 0 Å². The quantitative estimate of drug-likeness (QED) is 0.865. The van der Waals surface area contributed by atoms with Gasteiger partial charge >= 0.3 is 6.03 Å². The molecule has 2 rings (SSSR count). The van der Waals surface area contributed by atoms with Gasteiger partial charge < -0.3 is 10.6 Å². The molecule has 0 aromatic heterocycles. The third-order valence-electron chi connectivity index (χ3n) is 4.28. The van der Waals surface area contributed by atoms with Crippen molar-refractivity contribution in [1.82, 2.24) is 4.90 Å². The predicted molar refractivity (Wildman–Crippen MR) is 96.5 cm³/mol. The average Bonchev–Trinajstić information content (AvgIpc) is 2.53. The number of hydrogen-bond donors (Lipinski definition) is 1. The molecular formula is C17H20ClN3O3S. The molecular weight excluding hydrogens is 362 g/mol. The lowest BCUT2D eigenvalue weighted by atomic mass is 9.82. The van der Waals surface area contributed by atoms with E-state index in [1.165, 1.54) is 5.41 Å². The van der Waals surface area contributed by atoms with Gasteiger partial charge in [-0.25, -0.2) is 13.2 Å². The molecule has 0 bridgehead atoms. The Morgan fingerprint density at radius 1 is 1.52 bits per heavy atom. The number of carbonyl (C=O) groups is 1. The minimum Gasteiger partial charge on any atom is -0.351 e. The van der Waals surface area contributed by atoms with Gasteiger partial charge in [-0.1, -0.05) is 23.7 Å². The van der Waals surface area contributed by atoms with Crippen molar-refractivity contribution in [3.8, 4) is 6.07 Å². The number of likely N-dealkylation sites (tertiary alicyclic amines) is 1. The number of carbonyl (C=O) groups excluding carboxylic acids is 1. The summed E-state index contributed by atoms with van der Waals surface area (Å²) in [5.41, 5.74) is 6.69. The number of rotatable bonds is 4. The van der Waals surface area contributed by atoms with Crippen LogP contribution in [0.2, 0.25) is 5.02 Å². The lowest BCUT2D eigenvalue weighted by Gasteiger charge is -2.40. The molecule has 1 aromatic rings. The fourth-order valence-corrected chi connectivity index (χ4v) is 3.92. The van der Waals surface area contributed by atoms with Crippen LogP contribution < -0.4 is 5.73 Å². The second kappa shape index (κ2) is 7.89. The van der Waals surface area contributed by atoms with Gasteiger partial charge in [-0.05, 0) is 42.9 Å². The highest BCUT2D eigenvalue weighted by molar-refractivity contribution is 7.93. The Labute approximate surface area is 152 Å². The zero-order chi connectivity index (χ0) is 18.6. The molecule has 2 unspecified atom stereocenters. The smallest absolute Gasteiger partial charge is 0.315 e. The Hall–Kier alpha value is -2.04. The van der Waals surface area contributed by atoms with Crippen molar-refractivity contribution in [2.24, 2.45) is 11.7 Å². The van der Waals surface area contributed by atoms with E-state index in [9.17, 15) is 13.2 Å². The molecule has 2 N–H and O–H groups in total. The van der Waals surface area contributed by atoms with Crippen LogP contribution in [-0.4, -0.2) is 32.1 Å². The summed E-state index contributed by atoms with van der Waals surface area (Å²) in [5, 5.41) is 10.5. The maximum atomic E-state index is 11.9. The molecule has 1 heterocycles. The number of urea groups is 1. The third kappa shape index (κ3) is 4.97. The van der Waals surface area contributed by atoms with Crippen LogP contribution in [0.4, 0.5) is 4.79 Å². The lowest BCUT2D eigenvalue weighted by molar-refractivity contribution is 0.119. The summed E-state index contributed by atoms with van der Waals surface area (Å²) in [6, 6.07) is 6.24. The summed E-state index contributed by atoms with van der Waals surface area (Å²) in [5.74, 6) is 0.0169. The van der Waals surface area contributed by atoms with E-state index in [1.54, 1.807) is 29.2 Å². The molecule has 0 saturated carbocycles. The Kier molecular flexibility index (Phi) is 6.09. The molecule has 0 spiro atoms. The fourth-order valence-electron chi connectivity index (χ4n) is 3.23. The molecule has 0 aliphatic carbocycles. The molecule has 1 aliphatic rings. The highest BCUT2D eigenvalue weighted by Gasteiger charge is 2.34. The summed E-state index contributed by atoms with van der Waals surface area (Å²) in [6.45, 7) is 0.532. The Bertz CT molecular complexity index is 830. The third-order valence-corrected chi connectivity index (χ3v) is 5.28. The Morgan fingerprint density at radius 3 is 2.80 bits per heavy atom. The van der Waals surface area contributed by atoms with Crippen LogP contribution >= 0.6 is 11.6 Å². The highest BCUT2D eigenvalue weighted by Crippen LogP contribution is 2.39. The molecule has 2 atom stereocenters. The van der Waals surface area contributed by atoms with Crippen molar-refractivity contribution < 1.29 is 13.2 Å². The number of primary amides is 1. The largest absolute Gasteiger partial charge is 0.351 e. The van der Waals surface area contributed by atoms with Crippen molar-refractivity contribution in [3.63, 3.8) is 0 Å². The fraction of sp³-hybridized carbons (Fsp3) is 0.412. The monoisotopic (exact) mass is 381 g/mol.